The van der Waals surface area contributed by atoms with Crippen molar-refractivity contribution in [1.82, 2.24) is 9.88 Å². The molecule has 0 aliphatic carbocycles. The standard InChI is InChI=1S/C9H14N2O.C2H6/c1-3-11-5-4-8-9(6-11)12-7(2)10-8;1-2/h3-6H2,1-2H3;1-2H3. The van der Waals surface area contributed by atoms with Crippen LogP contribution in [0.5, 0.6) is 0 Å². The number of likely N-dealkylation sites (N-methyl/N-ethyl adjacent to an activating group) is 1. The van der Waals surface area contributed by atoms with Crippen molar-refractivity contribution in [1.29, 1.82) is 0 Å². The number of rotatable bonds is 1. The molecule has 1 aromatic heterocycles. The second-order valence-corrected chi connectivity index (χ2v) is 3.22. The van der Waals surface area contributed by atoms with Crippen LogP contribution in [-0.2, 0) is 13.0 Å². The van der Waals surface area contributed by atoms with Gasteiger partial charge in [0.15, 0.2) is 5.89 Å². The van der Waals surface area contributed by atoms with Gasteiger partial charge in [-0.05, 0) is 6.54 Å². The molecule has 0 fully saturated rings. The smallest absolute Gasteiger partial charge is 0.191 e. The molecule has 80 valence electrons. The predicted octanol–water partition coefficient (Wildman–Crippen LogP) is 2.39. The number of hydrogen-bond donors (Lipinski definition) is 0. The van der Waals surface area contributed by atoms with E-state index in [4.69, 9.17) is 4.42 Å². The van der Waals surface area contributed by atoms with E-state index in [-0.39, 0.29) is 0 Å². The summed E-state index contributed by atoms with van der Waals surface area (Å²) in [7, 11) is 0. The molecule has 0 amide bonds. The van der Waals surface area contributed by atoms with Crippen molar-refractivity contribution in [3.8, 4) is 0 Å². The normalized spacial score (nSPS) is 15.7. The van der Waals surface area contributed by atoms with E-state index in [2.05, 4.69) is 16.8 Å². The van der Waals surface area contributed by atoms with E-state index >= 15 is 0 Å². The van der Waals surface area contributed by atoms with Gasteiger partial charge in [0.2, 0.25) is 0 Å². The van der Waals surface area contributed by atoms with Crippen LogP contribution in [0.2, 0.25) is 0 Å². The highest BCUT2D eigenvalue weighted by Crippen LogP contribution is 2.18. The minimum absolute atomic E-state index is 0.804. The first-order chi connectivity index (χ1) is 6.79. The molecule has 0 saturated carbocycles. The Morgan fingerprint density at radius 1 is 1.43 bits per heavy atom. The lowest BCUT2D eigenvalue weighted by atomic mass is 10.2. The van der Waals surface area contributed by atoms with Crippen molar-refractivity contribution in [2.24, 2.45) is 0 Å². The number of hydrogen-bond acceptors (Lipinski definition) is 3. The number of aromatic nitrogens is 1. The van der Waals surface area contributed by atoms with Gasteiger partial charge in [0.1, 0.15) is 5.76 Å². The molecule has 3 nitrogen and oxygen atoms in total. The summed E-state index contributed by atoms with van der Waals surface area (Å²) in [5, 5.41) is 0. The fraction of sp³-hybridized carbons (Fsp3) is 0.727. The Labute approximate surface area is 86.1 Å². The molecular formula is C11H20N2O. The first kappa shape index (κ1) is 11.2. The molecule has 1 aliphatic rings. The molecule has 14 heavy (non-hydrogen) atoms. The third-order valence-electron chi connectivity index (χ3n) is 2.36. The number of oxazole rings is 1. The average Bonchev–Trinajstić information content (AvgIpc) is 2.59. The highest BCUT2D eigenvalue weighted by Gasteiger charge is 2.19. The predicted molar refractivity (Wildman–Crippen MR) is 57.2 cm³/mol. The van der Waals surface area contributed by atoms with Crippen LogP contribution < -0.4 is 0 Å². The van der Waals surface area contributed by atoms with Crippen LogP contribution in [0.1, 0.15) is 38.1 Å². The van der Waals surface area contributed by atoms with Gasteiger partial charge in [-0.3, -0.25) is 4.90 Å². The van der Waals surface area contributed by atoms with Crippen LogP contribution in [0.15, 0.2) is 4.42 Å². The number of nitrogens with zero attached hydrogens (tertiary/aromatic N) is 2. The van der Waals surface area contributed by atoms with Crippen molar-refractivity contribution in [3.05, 3.63) is 17.3 Å². The molecule has 0 atom stereocenters. The first-order valence-corrected chi connectivity index (χ1v) is 5.47. The zero-order chi connectivity index (χ0) is 10.6. The lowest BCUT2D eigenvalue weighted by molar-refractivity contribution is 0.239. The summed E-state index contributed by atoms with van der Waals surface area (Å²) in [4.78, 5) is 6.69. The van der Waals surface area contributed by atoms with E-state index < -0.39 is 0 Å². The second-order valence-electron chi connectivity index (χ2n) is 3.22. The van der Waals surface area contributed by atoms with Crippen LogP contribution in [0.25, 0.3) is 0 Å². The Bertz CT molecular complexity index is 281. The molecule has 2 rings (SSSR count). The average molecular weight is 196 g/mol. The molecule has 1 aromatic rings. The van der Waals surface area contributed by atoms with Crippen LogP contribution in [0.3, 0.4) is 0 Å². The van der Waals surface area contributed by atoms with Crippen molar-refractivity contribution >= 4 is 0 Å². The van der Waals surface area contributed by atoms with Gasteiger partial charge >= 0.3 is 0 Å². The van der Waals surface area contributed by atoms with Gasteiger partial charge in [-0.2, -0.15) is 0 Å². The van der Waals surface area contributed by atoms with Gasteiger partial charge in [-0.1, -0.05) is 20.8 Å². The zero-order valence-corrected chi connectivity index (χ0v) is 9.63. The summed E-state index contributed by atoms with van der Waals surface area (Å²) in [5.41, 5.74) is 1.16. The maximum Gasteiger partial charge on any atom is 0.191 e. The second kappa shape index (κ2) is 5.15. The fourth-order valence-electron chi connectivity index (χ4n) is 1.65. The molecule has 0 spiro atoms. The summed E-state index contributed by atoms with van der Waals surface area (Å²) in [6.07, 6.45) is 1.04. The van der Waals surface area contributed by atoms with E-state index in [1.807, 2.05) is 20.8 Å². The van der Waals surface area contributed by atoms with Gasteiger partial charge < -0.3 is 4.42 Å². The summed E-state index contributed by atoms with van der Waals surface area (Å²) in [6.45, 7) is 11.2. The van der Waals surface area contributed by atoms with Crippen molar-refractivity contribution in [2.75, 3.05) is 13.1 Å². The lowest BCUT2D eigenvalue weighted by Gasteiger charge is -2.22. The summed E-state index contributed by atoms with van der Waals surface area (Å²) in [5.74, 6) is 1.87. The Morgan fingerprint density at radius 2 is 2.14 bits per heavy atom. The van der Waals surface area contributed by atoms with Crippen LogP contribution in [0, 0.1) is 6.92 Å². The molecule has 0 radical (unpaired) electrons. The van der Waals surface area contributed by atoms with E-state index in [0.717, 1.165) is 43.4 Å². The van der Waals surface area contributed by atoms with Gasteiger partial charge in [-0.25, -0.2) is 4.98 Å². The number of aryl methyl sites for hydroxylation is 1. The van der Waals surface area contributed by atoms with Crippen LogP contribution >= 0.6 is 0 Å². The van der Waals surface area contributed by atoms with Crippen molar-refractivity contribution < 1.29 is 4.42 Å². The molecule has 0 bridgehead atoms. The summed E-state index contributed by atoms with van der Waals surface area (Å²) >= 11 is 0. The minimum atomic E-state index is 0.804. The van der Waals surface area contributed by atoms with Gasteiger partial charge in [0.25, 0.3) is 0 Å². The molecule has 0 N–H and O–H groups in total. The first-order valence-electron chi connectivity index (χ1n) is 5.47. The quantitative estimate of drug-likeness (QED) is 0.690. The van der Waals surface area contributed by atoms with Crippen molar-refractivity contribution in [2.45, 2.75) is 40.7 Å². The fourth-order valence-corrected chi connectivity index (χ4v) is 1.65. The van der Waals surface area contributed by atoms with Crippen molar-refractivity contribution in [3.63, 3.8) is 0 Å². The molecule has 0 unspecified atom stereocenters. The van der Waals surface area contributed by atoms with Gasteiger partial charge in [0.05, 0.1) is 12.2 Å². The van der Waals surface area contributed by atoms with E-state index in [9.17, 15) is 0 Å². The topological polar surface area (TPSA) is 29.3 Å². The number of fused-ring (bicyclic) bond motifs is 1. The summed E-state index contributed by atoms with van der Waals surface area (Å²) in [6, 6.07) is 0. The molecular weight excluding hydrogens is 176 g/mol. The zero-order valence-electron chi connectivity index (χ0n) is 9.63. The minimum Gasteiger partial charge on any atom is -0.444 e. The lowest BCUT2D eigenvalue weighted by Crippen LogP contribution is -2.29. The maximum atomic E-state index is 5.49. The molecule has 3 heteroatoms. The third kappa shape index (κ3) is 2.35. The van der Waals surface area contributed by atoms with Crippen LogP contribution in [-0.4, -0.2) is 23.0 Å². The van der Waals surface area contributed by atoms with E-state index in [0.29, 0.717) is 0 Å². The Morgan fingerprint density at radius 3 is 2.79 bits per heavy atom. The highest BCUT2D eigenvalue weighted by atomic mass is 16.4. The van der Waals surface area contributed by atoms with Gasteiger partial charge in [-0.15, -0.1) is 0 Å². The maximum absolute atomic E-state index is 5.49. The molecule has 0 aromatic carbocycles. The summed E-state index contributed by atoms with van der Waals surface area (Å²) < 4.78 is 5.49. The third-order valence-corrected chi connectivity index (χ3v) is 2.36. The molecule has 1 aliphatic heterocycles. The SMILES string of the molecule is CC.CCN1CCc2nc(C)oc2C1. The Hall–Kier alpha value is -0.830. The largest absolute Gasteiger partial charge is 0.444 e. The molecule has 2 heterocycles. The van der Waals surface area contributed by atoms with Crippen LogP contribution in [0.4, 0.5) is 0 Å². The van der Waals surface area contributed by atoms with Gasteiger partial charge in [0, 0.05) is 19.9 Å². The van der Waals surface area contributed by atoms with E-state index in [1.165, 1.54) is 0 Å². The Balaban J connectivity index is 0.000000461. The highest BCUT2D eigenvalue weighted by molar-refractivity contribution is 5.12. The molecule has 0 saturated heterocycles. The Kier molecular flexibility index (Phi) is 4.14. The monoisotopic (exact) mass is 196 g/mol. The van der Waals surface area contributed by atoms with E-state index in [1.54, 1.807) is 0 Å².